The lowest BCUT2D eigenvalue weighted by Crippen LogP contribution is -1.89. The lowest BCUT2D eigenvalue weighted by Gasteiger charge is -1.99. The molecule has 0 saturated carbocycles. The summed E-state index contributed by atoms with van der Waals surface area (Å²) in [4.78, 5) is 10.1. The molecule has 0 spiro atoms. The molecule has 0 radical (unpaired) electrons. The molecular weight excluding hydrogens is 194 g/mol. The summed E-state index contributed by atoms with van der Waals surface area (Å²) in [6, 6.07) is 4.73. The molecule has 0 heterocycles. The first-order valence-electron chi connectivity index (χ1n) is 4.67. The highest BCUT2D eigenvalue weighted by molar-refractivity contribution is 5.56. The van der Waals surface area contributed by atoms with E-state index in [4.69, 9.17) is 5.11 Å². The van der Waals surface area contributed by atoms with Crippen molar-refractivity contribution in [2.75, 3.05) is 6.61 Å². The zero-order valence-corrected chi connectivity index (χ0v) is 8.51. The summed E-state index contributed by atoms with van der Waals surface area (Å²) in [5.74, 6) is 0. The Bertz CT molecular complexity index is 385. The van der Waals surface area contributed by atoms with Gasteiger partial charge < -0.3 is 5.11 Å². The minimum Gasteiger partial charge on any atom is -0.396 e. The topological polar surface area (TPSA) is 63.4 Å². The SMILES string of the molecule is Cc1cc([N+](=O)[O-])ccc1C=CCCO. The molecule has 80 valence electrons. The first-order valence-corrected chi connectivity index (χ1v) is 4.67. The van der Waals surface area contributed by atoms with Crippen LogP contribution in [0.1, 0.15) is 17.5 Å². The Kier molecular flexibility index (Phi) is 4.00. The highest BCUT2D eigenvalue weighted by Crippen LogP contribution is 2.18. The van der Waals surface area contributed by atoms with E-state index in [0.29, 0.717) is 6.42 Å². The molecule has 1 aromatic rings. The number of hydrogen-bond acceptors (Lipinski definition) is 3. The van der Waals surface area contributed by atoms with E-state index < -0.39 is 4.92 Å². The van der Waals surface area contributed by atoms with Crippen LogP contribution in [0.5, 0.6) is 0 Å². The largest absolute Gasteiger partial charge is 0.396 e. The third-order valence-electron chi connectivity index (χ3n) is 2.06. The van der Waals surface area contributed by atoms with Crippen LogP contribution in [0, 0.1) is 17.0 Å². The molecule has 0 aliphatic heterocycles. The van der Waals surface area contributed by atoms with Gasteiger partial charge in [0.15, 0.2) is 0 Å². The van der Waals surface area contributed by atoms with Crippen LogP contribution in [0.2, 0.25) is 0 Å². The first kappa shape index (κ1) is 11.4. The predicted molar refractivity (Wildman–Crippen MR) is 58.6 cm³/mol. The molecule has 0 unspecified atom stereocenters. The molecule has 15 heavy (non-hydrogen) atoms. The molecule has 0 bridgehead atoms. The van der Waals surface area contributed by atoms with E-state index in [2.05, 4.69) is 0 Å². The van der Waals surface area contributed by atoms with E-state index in [1.165, 1.54) is 6.07 Å². The van der Waals surface area contributed by atoms with E-state index >= 15 is 0 Å². The van der Waals surface area contributed by atoms with Crippen LogP contribution in [0.25, 0.3) is 6.08 Å². The number of aliphatic hydroxyl groups excluding tert-OH is 1. The maximum atomic E-state index is 10.5. The van der Waals surface area contributed by atoms with Crippen molar-refractivity contribution in [2.24, 2.45) is 0 Å². The Morgan fingerprint density at radius 1 is 1.53 bits per heavy atom. The number of nitrogens with zero attached hydrogens (tertiary/aromatic N) is 1. The monoisotopic (exact) mass is 207 g/mol. The van der Waals surface area contributed by atoms with Crippen molar-refractivity contribution in [1.29, 1.82) is 0 Å². The van der Waals surface area contributed by atoms with Crippen LogP contribution < -0.4 is 0 Å². The average Bonchev–Trinajstić information content (AvgIpc) is 2.20. The van der Waals surface area contributed by atoms with Crippen molar-refractivity contribution < 1.29 is 10.0 Å². The van der Waals surface area contributed by atoms with Gasteiger partial charge in [0.05, 0.1) is 4.92 Å². The second kappa shape index (κ2) is 5.26. The number of aliphatic hydroxyl groups is 1. The molecule has 0 aliphatic rings. The lowest BCUT2D eigenvalue weighted by atomic mass is 10.1. The van der Waals surface area contributed by atoms with Gasteiger partial charge in [-0.05, 0) is 30.5 Å². The fourth-order valence-corrected chi connectivity index (χ4v) is 1.25. The number of non-ortho nitro benzene ring substituents is 1. The van der Waals surface area contributed by atoms with E-state index in [-0.39, 0.29) is 12.3 Å². The van der Waals surface area contributed by atoms with Gasteiger partial charge in [0, 0.05) is 18.7 Å². The molecule has 1 N–H and O–H groups in total. The smallest absolute Gasteiger partial charge is 0.269 e. The molecular formula is C11H13NO3. The molecule has 0 atom stereocenters. The summed E-state index contributed by atoms with van der Waals surface area (Å²) in [5.41, 5.74) is 1.90. The van der Waals surface area contributed by atoms with Gasteiger partial charge in [-0.15, -0.1) is 0 Å². The number of rotatable bonds is 4. The van der Waals surface area contributed by atoms with Crippen LogP contribution in [-0.4, -0.2) is 16.6 Å². The summed E-state index contributed by atoms with van der Waals surface area (Å²) in [7, 11) is 0. The quantitative estimate of drug-likeness (QED) is 0.608. The maximum absolute atomic E-state index is 10.5. The summed E-state index contributed by atoms with van der Waals surface area (Å²) >= 11 is 0. The van der Waals surface area contributed by atoms with Crippen molar-refractivity contribution in [2.45, 2.75) is 13.3 Å². The minimum atomic E-state index is -0.409. The van der Waals surface area contributed by atoms with Gasteiger partial charge in [0.25, 0.3) is 5.69 Å². The second-order valence-electron chi connectivity index (χ2n) is 3.21. The van der Waals surface area contributed by atoms with Crippen LogP contribution in [0.15, 0.2) is 24.3 Å². The minimum absolute atomic E-state index is 0.104. The summed E-state index contributed by atoms with van der Waals surface area (Å²) in [6.45, 7) is 1.94. The predicted octanol–water partition coefficient (Wildman–Crippen LogP) is 2.30. The Morgan fingerprint density at radius 3 is 2.80 bits per heavy atom. The van der Waals surface area contributed by atoms with Crippen molar-refractivity contribution >= 4 is 11.8 Å². The molecule has 0 saturated heterocycles. The highest BCUT2D eigenvalue weighted by Gasteiger charge is 2.05. The zero-order valence-electron chi connectivity index (χ0n) is 8.51. The molecule has 0 aliphatic carbocycles. The van der Waals surface area contributed by atoms with E-state index in [1.54, 1.807) is 12.1 Å². The number of benzene rings is 1. The normalized spacial score (nSPS) is 10.8. The molecule has 0 fully saturated rings. The Balaban J connectivity index is 2.88. The van der Waals surface area contributed by atoms with E-state index in [9.17, 15) is 10.1 Å². The van der Waals surface area contributed by atoms with Crippen LogP contribution in [0.4, 0.5) is 5.69 Å². The van der Waals surface area contributed by atoms with Gasteiger partial charge in [-0.1, -0.05) is 12.2 Å². The van der Waals surface area contributed by atoms with Crippen molar-refractivity contribution in [3.63, 3.8) is 0 Å². The second-order valence-corrected chi connectivity index (χ2v) is 3.21. The van der Waals surface area contributed by atoms with E-state index in [1.807, 2.05) is 19.1 Å². The standard InChI is InChI=1S/C11H13NO3/c1-9-8-11(12(14)15)6-5-10(9)4-2-3-7-13/h2,4-6,8,13H,3,7H2,1H3. The van der Waals surface area contributed by atoms with Gasteiger partial charge in [0.1, 0.15) is 0 Å². The molecule has 1 aromatic carbocycles. The zero-order chi connectivity index (χ0) is 11.3. The third-order valence-corrected chi connectivity index (χ3v) is 2.06. The third kappa shape index (κ3) is 3.18. The van der Waals surface area contributed by atoms with Crippen LogP contribution >= 0.6 is 0 Å². The Hall–Kier alpha value is -1.68. The molecule has 4 nitrogen and oxygen atoms in total. The van der Waals surface area contributed by atoms with Crippen molar-refractivity contribution in [3.05, 3.63) is 45.5 Å². The van der Waals surface area contributed by atoms with E-state index in [0.717, 1.165) is 11.1 Å². The van der Waals surface area contributed by atoms with Gasteiger partial charge in [-0.25, -0.2) is 0 Å². The lowest BCUT2D eigenvalue weighted by molar-refractivity contribution is -0.384. The number of aryl methyl sites for hydroxylation is 1. The molecule has 1 rings (SSSR count). The number of nitro benzene ring substituents is 1. The summed E-state index contributed by atoms with van der Waals surface area (Å²) < 4.78 is 0. The Labute approximate surface area is 88.0 Å². The highest BCUT2D eigenvalue weighted by atomic mass is 16.6. The van der Waals surface area contributed by atoms with Crippen molar-refractivity contribution in [1.82, 2.24) is 0 Å². The summed E-state index contributed by atoms with van der Waals surface area (Å²) in [5, 5.41) is 19.1. The van der Waals surface area contributed by atoms with Crippen LogP contribution in [0.3, 0.4) is 0 Å². The van der Waals surface area contributed by atoms with Crippen LogP contribution in [-0.2, 0) is 0 Å². The maximum Gasteiger partial charge on any atom is 0.269 e. The number of hydrogen-bond donors (Lipinski definition) is 1. The fraction of sp³-hybridized carbons (Fsp3) is 0.273. The number of nitro groups is 1. The Morgan fingerprint density at radius 2 is 2.27 bits per heavy atom. The van der Waals surface area contributed by atoms with Gasteiger partial charge in [-0.3, -0.25) is 10.1 Å². The summed E-state index contributed by atoms with van der Waals surface area (Å²) in [6.07, 6.45) is 4.29. The first-order chi connectivity index (χ1) is 7.15. The fourth-order valence-electron chi connectivity index (χ4n) is 1.25. The van der Waals surface area contributed by atoms with Gasteiger partial charge in [0.2, 0.25) is 0 Å². The average molecular weight is 207 g/mol. The van der Waals surface area contributed by atoms with Gasteiger partial charge in [-0.2, -0.15) is 0 Å². The molecule has 0 aromatic heterocycles. The molecule has 0 amide bonds. The molecule has 4 heteroatoms. The van der Waals surface area contributed by atoms with Crippen molar-refractivity contribution in [3.8, 4) is 0 Å². The van der Waals surface area contributed by atoms with Gasteiger partial charge >= 0.3 is 0 Å².